The highest BCUT2D eigenvalue weighted by atomic mass is 19.1. The minimum absolute atomic E-state index is 0.0324. The normalized spacial score (nSPS) is 14.2. The van der Waals surface area contributed by atoms with Crippen LogP contribution in [-0.2, 0) is 11.3 Å². The van der Waals surface area contributed by atoms with Crippen molar-refractivity contribution in [3.63, 3.8) is 0 Å². The topological polar surface area (TPSA) is 168 Å². The maximum Gasteiger partial charge on any atom is 0.270 e. The first kappa shape index (κ1) is 22.7. The highest BCUT2D eigenvalue weighted by molar-refractivity contribution is 6.06. The minimum Gasteiger partial charge on any atom is -0.347 e. The number of carbonyl (C=O) groups excluding carboxylic acids is 3. The van der Waals surface area contributed by atoms with E-state index in [1.165, 1.54) is 12.1 Å². The monoisotopic (exact) mass is 487 g/mol. The van der Waals surface area contributed by atoms with Crippen molar-refractivity contribution in [1.82, 2.24) is 41.2 Å². The number of hydrogen-bond donors (Lipinski definition) is 4. The largest absolute Gasteiger partial charge is 0.347 e. The number of fused-ring (bicyclic) bond motifs is 1. The predicted octanol–water partition coefficient (Wildman–Crippen LogP) is 1.46. The van der Waals surface area contributed by atoms with Gasteiger partial charge in [0.25, 0.3) is 17.7 Å². The van der Waals surface area contributed by atoms with E-state index in [-0.39, 0.29) is 23.7 Å². The molecule has 0 fully saturated rings. The molecule has 1 unspecified atom stereocenters. The number of rotatable bonds is 6. The Morgan fingerprint density at radius 2 is 1.86 bits per heavy atom. The fourth-order valence-electron chi connectivity index (χ4n) is 3.73. The lowest BCUT2D eigenvalue weighted by Gasteiger charge is -2.12. The van der Waals surface area contributed by atoms with Crippen LogP contribution in [0.1, 0.15) is 43.7 Å². The quantitative estimate of drug-likeness (QED) is 0.317. The summed E-state index contributed by atoms with van der Waals surface area (Å²) in [5.41, 5.74) is 2.76. The number of H-pyrrole nitrogens is 1. The fourth-order valence-corrected chi connectivity index (χ4v) is 3.73. The van der Waals surface area contributed by atoms with E-state index in [0.717, 1.165) is 6.33 Å². The van der Waals surface area contributed by atoms with Crippen LogP contribution in [0.5, 0.6) is 0 Å². The van der Waals surface area contributed by atoms with Gasteiger partial charge in [-0.2, -0.15) is 5.21 Å². The lowest BCUT2D eigenvalue weighted by Crippen LogP contribution is -2.33. The molecule has 4 N–H and O–H groups in total. The van der Waals surface area contributed by atoms with Crippen LogP contribution in [0, 0.1) is 12.7 Å². The number of halogens is 1. The van der Waals surface area contributed by atoms with Crippen LogP contribution in [-0.4, -0.2) is 48.3 Å². The highest BCUT2D eigenvalue weighted by Crippen LogP contribution is 2.33. The van der Waals surface area contributed by atoms with Gasteiger partial charge in [0.2, 0.25) is 5.82 Å². The number of tetrazole rings is 1. The zero-order valence-electron chi connectivity index (χ0n) is 18.7. The molecule has 1 aliphatic rings. The first-order valence-corrected chi connectivity index (χ1v) is 10.7. The zero-order chi connectivity index (χ0) is 25.2. The van der Waals surface area contributed by atoms with Crippen LogP contribution in [0.4, 0.5) is 10.1 Å². The maximum atomic E-state index is 13.4. The van der Waals surface area contributed by atoms with Gasteiger partial charge in [-0.05, 0) is 35.4 Å². The molecule has 0 radical (unpaired) electrons. The SMILES string of the molecule is Cc1cc(CNC(=O)c2cc(C(=O)NC3C(=O)Nc4cc(-c5nn[nH]n5)ccc43)ncn2)ccc1F. The van der Waals surface area contributed by atoms with Gasteiger partial charge in [-0.3, -0.25) is 14.4 Å². The van der Waals surface area contributed by atoms with Gasteiger partial charge in [-0.25, -0.2) is 14.4 Å². The minimum atomic E-state index is -0.958. The Morgan fingerprint density at radius 1 is 1.06 bits per heavy atom. The summed E-state index contributed by atoms with van der Waals surface area (Å²) in [4.78, 5) is 45.8. The Hall–Kier alpha value is -5.07. The number of hydrogen-bond acceptors (Lipinski definition) is 8. The van der Waals surface area contributed by atoms with Gasteiger partial charge < -0.3 is 16.0 Å². The van der Waals surface area contributed by atoms with Gasteiger partial charge in [0, 0.05) is 29.4 Å². The molecule has 1 aliphatic heterocycles. The molecular weight excluding hydrogens is 469 g/mol. The first-order chi connectivity index (χ1) is 17.4. The van der Waals surface area contributed by atoms with Crippen molar-refractivity contribution in [3.8, 4) is 11.4 Å². The Bertz CT molecular complexity index is 1490. The standard InChI is InChI=1S/C23H18FN9O3/c1-11-6-12(2-5-15(11)24)9-25-21(34)17-8-18(27-10-26-17)22(35)29-19-14-4-3-13(20-30-32-33-31-20)7-16(14)28-23(19)36/h2-8,10,19H,9H2,1H3,(H,25,34)(H,28,36)(H,29,35)(H,30,31,32,33). The first-order valence-electron chi connectivity index (χ1n) is 10.7. The molecule has 0 saturated heterocycles. The van der Waals surface area contributed by atoms with Crippen LogP contribution in [0.3, 0.4) is 0 Å². The number of aromatic amines is 1. The third-order valence-corrected chi connectivity index (χ3v) is 5.57. The van der Waals surface area contributed by atoms with Gasteiger partial charge in [0.15, 0.2) is 0 Å². The summed E-state index contributed by atoms with van der Waals surface area (Å²) in [5, 5.41) is 21.7. The summed E-state index contributed by atoms with van der Waals surface area (Å²) < 4.78 is 13.4. The van der Waals surface area contributed by atoms with Gasteiger partial charge in [-0.15, -0.1) is 10.2 Å². The molecule has 2 aromatic heterocycles. The second-order valence-electron chi connectivity index (χ2n) is 7.99. The Morgan fingerprint density at radius 3 is 2.61 bits per heavy atom. The molecule has 1 atom stereocenters. The fraction of sp³-hybridized carbons (Fsp3) is 0.130. The van der Waals surface area contributed by atoms with Gasteiger partial charge >= 0.3 is 0 Å². The van der Waals surface area contributed by atoms with E-state index in [1.807, 2.05) is 0 Å². The molecular formula is C23H18FN9O3. The third-order valence-electron chi connectivity index (χ3n) is 5.57. The summed E-state index contributed by atoms with van der Waals surface area (Å²) in [6.45, 7) is 1.78. The smallest absolute Gasteiger partial charge is 0.270 e. The summed E-state index contributed by atoms with van der Waals surface area (Å²) in [7, 11) is 0. The van der Waals surface area contributed by atoms with Crippen LogP contribution >= 0.6 is 0 Å². The molecule has 0 bridgehead atoms. The highest BCUT2D eigenvalue weighted by Gasteiger charge is 2.33. The molecule has 180 valence electrons. The molecule has 3 heterocycles. The summed E-state index contributed by atoms with van der Waals surface area (Å²) in [5.74, 6) is -1.59. The molecule has 0 aliphatic carbocycles. The molecule has 4 aromatic rings. The number of nitrogens with zero attached hydrogens (tertiary/aromatic N) is 5. The van der Waals surface area contributed by atoms with Crippen molar-refractivity contribution in [1.29, 1.82) is 0 Å². The molecule has 12 nitrogen and oxygen atoms in total. The molecule has 0 spiro atoms. The number of benzene rings is 2. The molecule has 13 heteroatoms. The molecule has 5 rings (SSSR count). The van der Waals surface area contributed by atoms with Gasteiger partial charge in [0.05, 0.1) is 0 Å². The lowest BCUT2D eigenvalue weighted by molar-refractivity contribution is -0.117. The predicted molar refractivity (Wildman–Crippen MR) is 123 cm³/mol. The van der Waals surface area contributed by atoms with Gasteiger partial charge in [0.1, 0.15) is 29.6 Å². The van der Waals surface area contributed by atoms with E-state index in [9.17, 15) is 18.8 Å². The number of anilines is 1. The van der Waals surface area contributed by atoms with Crippen molar-refractivity contribution in [2.45, 2.75) is 19.5 Å². The van der Waals surface area contributed by atoms with E-state index in [2.05, 4.69) is 46.5 Å². The van der Waals surface area contributed by atoms with E-state index in [4.69, 9.17) is 0 Å². The van der Waals surface area contributed by atoms with E-state index in [0.29, 0.717) is 33.8 Å². The third kappa shape index (κ3) is 4.49. The summed E-state index contributed by atoms with van der Waals surface area (Å²) >= 11 is 0. The second-order valence-corrected chi connectivity index (χ2v) is 7.99. The Kier molecular flexibility index (Phi) is 5.86. The van der Waals surface area contributed by atoms with Gasteiger partial charge in [-0.1, -0.05) is 24.3 Å². The van der Waals surface area contributed by atoms with Crippen molar-refractivity contribution < 1.29 is 18.8 Å². The van der Waals surface area contributed by atoms with Crippen molar-refractivity contribution in [2.24, 2.45) is 0 Å². The zero-order valence-corrected chi connectivity index (χ0v) is 18.7. The number of carbonyl (C=O) groups is 3. The number of aryl methyl sites for hydroxylation is 1. The average Bonchev–Trinajstić information content (AvgIpc) is 3.52. The summed E-state index contributed by atoms with van der Waals surface area (Å²) in [6.07, 6.45) is 1.09. The van der Waals surface area contributed by atoms with Crippen LogP contribution in [0.15, 0.2) is 48.8 Å². The molecule has 3 amide bonds. The van der Waals surface area contributed by atoms with Crippen molar-refractivity contribution in [3.05, 3.63) is 82.7 Å². The number of aromatic nitrogens is 6. The van der Waals surface area contributed by atoms with Crippen molar-refractivity contribution >= 4 is 23.4 Å². The molecule has 36 heavy (non-hydrogen) atoms. The lowest BCUT2D eigenvalue weighted by atomic mass is 10.0. The summed E-state index contributed by atoms with van der Waals surface area (Å²) in [6, 6.07) is 9.86. The molecule has 2 aromatic carbocycles. The van der Waals surface area contributed by atoms with Crippen molar-refractivity contribution in [2.75, 3.05) is 5.32 Å². The second kappa shape index (κ2) is 9.29. The van der Waals surface area contributed by atoms with E-state index < -0.39 is 23.8 Å². The van der Waals surface area contributed by atoms with Crippen LogP contribution in [0.25, 0.3) is 11.4 Å². The maximum absolute atomic E-state index is 13.4. The number of amides is 3. The van der Waals surface area contributed by atoms with E-state index in [1.54, 1.807) is 37.3 Å². The Labute approximate surface area is 202 Å². The van der Waals surface area contributed by atoms with E-state index >= 15 is 0 Å². The average molecular weight is 487 g/mol. The van der Waals surface area contributed by atoms with Crippen LogP contribution < -0.4 is 16.0 Å². The molecule has 0 saturated carbocycles. The van der Waals surface area contributed by atoms with Crippen LogP contribution in [0.2, 0.25) is 0 Å². The Balaban J connectivity index is 1.27. The number of nitrogens with one attached hydrogen (secondary N) is 4.